The van der Waals surface area contributed by atoms with Gasteiger partial charge in [-0.05, 0) is 18.8 Å². The number of methoxy groups -OCH3 is 1. The molecular formula is C10H23N3O2. The molecule has 0 spiro atoms. The zero-order chi connectivity index (χ0) is 11.9. The monoisotopic (exact) mass is 217 g/mol. The van der Waals surface area contributed by atoms with Crippen LogP contribution in [0.15, 0.2) is 5.16 Å². The number of ether oxygens (including phenoxy) is 1. The largest absolute Gasteiger partial charge is 0.409 e. The highest BCUT2D eigenvalue weighted by molar-refractivity contribution is 5.84. The maximum absolute atomic E-state index is 8.48. The lowest BCUT2D eigenvalue weighted by molar-refractivity contribution is 0.150. The minimum absolute atomic E-state index is 0.114. The Balaban J connectivity index is 3.92. The van der Waals surface area contributed by atoms with E-state index in [4.69, 9.17) is 15.7 Å². The molecule has 0 heterocycles. The van der Waals surface area contributed by atoms with Crippen LogP contribution in [-0.2, 0) is 4.74 Å². The number of nitrogens with two attached hydrogens (primary N) is 1. The summed E-state index contributed by atoms with van der Waals surface area (Å²) in [6.07, 6.45) is 0.972. The molecule has 0 aliphatic rings. The van der Waals surface area contributed by atoms with E-state index in [1.807, 2.05) is 6.92 Å². The molecule has 1 unspecified atom stereocenters. The Labute approximate surface area is 91.7 Å². The van der Waals surface area contributed by atoms with Crippen LogP contribution < -0.4 is 11.1 Å². The summed E-state index contributed by atoms with van der Waals surface area (Å²) in [5, 5.41) is 14.6. The highest BCUT2D eigenvalue weighted by atomic mass is 16.5. The molecule has 0 saturated heterocycles. The van der Waals surface area contributed by atoms with Crippen molar-refractivity contribution in [3.63, 3.8) is 0 Å². The Hall–Kier alpha value is -0.810. The third-order valence-electron chi connectivity index (χ3n) is 2.43. The standard InChI is InChI=1S/C10H23N3O2/c1-8(9(11)13-14)12-7-10(2,3)5-6-15-4/h8,12,14H,5-7H2,1-4H3,(H2,11,13). The fourth-order valence-electron chi connectivity index (χ4n) is 1.09. The molecule has 0 fully saturated rings. The minimum Gasteiger partial charge on any atom is -0.409 e. The lowest BCUT2D eigenvalue weighted by Crippen LogP contribution is -2.43. The number of amidine groups is 1. The highest BCUT2D eigenvalue weighted by Gasteiger charge is 2.19. The van der Waals surface area contributed by atoms with Gasteiger partial charge < -0.3 is 21.0 Å². The van der Waals surface area contributed by atoms with E-state index in [0.717, 1.165) is 19.6 Å². The first-order chi connectivity index (χ1) is 6.93. The third kappa shape index (κ3) is 6.30. The van der Waals surface area contributed by atoms with Crippen LogP contribution in [0.5, 0.6) is 0 Å². The van der Waals surface area contributed by atoms with E-state index in [0.29, 0.717) is 0 Å². The number of nitrogens with one attached hydrogen (secondary N) is 1. The zero-order valence-corrected chi connectivity index (χ0v) is 10.1. The van der Waals surface area contributed by atoms with E-state index >= 15 is 0 Å². The van der Waals surface area contributed by atoms with Gasteiger partial charge in [0.05, 0.1) is 6.04 Å². The van der Waals surface area contributed by atoms with Crippen LogP contribution >= 0.6 is 0 Å². The second-order valence-corrected chi connectivity index (χ2v) is 4.53. The molecule has 5 nitrogen and oxygen atoms in total. The molecule has 0 aromatic rings. The average molecular weight is 217 g/mol. The van der Waals surface area contributed by atoms with Crippen molar-refractivity contribution in [1.82, 2.24) is 5.32 Å². The van der Waals surface area contributed by atoms with Gasteiger partial charge in [-0.1, -0.05) is 19.0 Å². The second kappa shape index (κ2) is 6.63. The topological polar surface area (TPSA) is 79.9 Å². The first-order valence-corrected chi connectivity index (χ1v) is 5.12. The summed E-state index contributed by atoms with van der Waals surface area (Å²) < 4.78 is 5.04. The van der Waals surface area contributed by atoms with E-state index in [9.17, 15) is 0 Å². The van der Waals surface area contributed by atoms with Gasteiger partial charge in [0, 0.05) is 20.3 Å². The van der Waals surface area contributed by atoms with Crippen molar-refractivity contribution in [1.29, 1.82) is 0 Å². The SMILES string of the molecule is COCCC(C)(C)CNC(C)C(N)=NO. The van der Waals surface area contributed by atoms with Crippen molar-refractivity contribution < 1.29 is 9.94 Å². The van der Waals surface area contributed by atoms with Crippen molar-refractivity contribution in [3.8, 4) is 0 Å². The van der Waals surface area contributed by atoms with Gasteiger partial charge in [-0.3, -0.25) is 0 Å². The predicted octanol–water partition coefficient (Wildman–Crippen LogP) is 0.774. The fraction of sp³-hybridized carbons (Fsp3) is 0.900. The Morgan fingerprint density at radius 1 is 1.60 bits per heavy atom. The van der Waals surface area contributed by atoms with Gasteiger partial charge in [0.1, 0.15) is 0 Å². The lowest BCUT2D eigenvalue weighted by atomic mass is 9.89. The van der Waals surface area contributed by atoms with Crippen molar-refractivity contribution in [2.45, 2.75) is 33.2 Å². The van der Waals surface area contributed by atoms with Crippen LogP contribution in [0.2, 0.25) is 0 Å². The molecule has 90 valence electrons. The highest BCUT2D eigenvalue weighted by Crippen LogP contribution is 2.18. The molecule has 0 aliphatic carbocycles. The Morgan fingerprint density at radius 3 is 2.67 bits per heavy atom. The molecule has 0 aromatic heterocycles. The minimum atomic E-state index is -0.114. The summed E-state index contributed by atoms with van der Waals surface area (Å²) in [6, 6.07) is -0.114. The lowest BCUT2D eigenvalue weighted by Gasteiger charge is -2.26. The van der Waals surface area contributed by atoms with E-state index in [-0.39, 0.29) is 17.3 Å². The van der Waals surface area contributed by atoms with Crippen molar-refractivity contribution >= 4 is 5.84 Å². The van der Waals surface area contributed by atoms with Crippen molar-refractivity contribution in [2.75, 3.05) is 20.3 Å². The first-order valence-electron chi connectivity index (χ1n) is 5.12. The van der Waals surface area contributed by atoms with Gasteiger partial charge in [-0.2, -0.15) is 0 Å². The summed E-state index contributed by atoms with van der Waals surface area (Å²) in [6.45, 7) is 7.71. The smallest absolute Gasteiger partial charge is 0.156 e. The van der Waals surface area contributed by atoms with Gasteiger partial charge >= 0.3 is 0 Å². The van der Waals surface area contributed by atoms with Gasteiger partial charge in [0.15, 0.2) is 5.84 Å². The van der Waals surface area contributed by atoms with E-state index < -0.39 is 0 Å². The molecule has 15 heavy (non-hydrogen) atoms. The summed E-state index contributed by atoms with van der Waals surface area (Å²) >= 11 is 0. The normalized spacial score (nSPS) is 15.3. The number of hydrogen-bond acceptors (Lipinski definition) is 4. The van der Waals surface area contributed by atoms with Crippen LogP contribution in [0, 0.1) is 5.41 Å². The van der Waals surface area contributed by atoms with Gasteiger partial charge in [-0.25, -0.2) is 0 Å². The molecule has 5 heteroatoms. The number of hydrogen-bond donors (Lipinski definition) is 3. The first kappa shape index (κ1) is 14.2. The number of nitrogens with zero attached hydrogens (tertiary/aromatic N) is 1. The summed E-state index contributed by atoms with van der Waals surface area (Å²) in [7, 11) is 1.70. The van der Waals surface area contributed by atoms with Crippen molar-refractivity contribution in [2.24, 2.45) is 16.3 Å². The molecule has 1 atom stereocenters. The van der Waals surface area contributed by atoms with Gasteiger partial charge in [0.25, 0.3) is 0 Å². The summed E-state index contributed by atoms with van der Waals surface area (Å²) in [5.74, 6) is 0.206. The molecule has 0 radical (unpaired) electrons. The van der Waals surface area contributed by atoms with E-state index in [2.05, 4.69) is 24.3 Å². The molecule has 0 rings (SSSR count). The summed E-state index contributed by atoms with van der Waals surface area (Å²) in [5.41, 5.74) is 5.60. The van der Waals surface area contributed by atoms with Crippen LogP contribution in [-0.4, -0.2) is 37.3 Å². The number of oxime groups is 1. The zero-order valence-electron chi connectivity index (χ0n) is 10.1. The molecule has 4 N–H and O–H groups in total. The third-order valence-corrected chi connectivity index (χ3v) is 2.43. The maximum Gasteiger partial charge on any atom is 0.156 e. The Kier molecular flexibility index (Phi) is 6.27. The number of rotatable bonds is 7. The van der Waals surface area contributed by atoms with Crippen LogP contribution in [0.25, 0.3) is 0 Å². The molecular weight excluding hydrogens is 194 g/mol. The van der Waals surface area contributed by atoms with Crippen molar-refractivity contribution in [3.05, 3.63) is 0 Å². The quantitative estimate of drug-likeness (QED) is 0.255. The van der Waals surface area contributed by atoms with Crippen LogP contribution in [0.1, 0.15) is 27.2 Å². The van der Waals surface area contributed by atoms with Crippen LogP contribution in [0.4, 0.5) is 0 Å². The van der Waals surface area contributed by atoms with Gasteiger partial charge in [0.2, 0.25) is 0 Å². The predicted molar refractivity (Wildman–Crippen MR) is 61.1 cm³/mol. The average Bonchev–Trinajstić information content (AvgIpc) is 2.22. The van der Waals surface area contributed by atoms with Crippen LogP contribution in [0.3, 0.4) is 0 Å². The molecule has 0 aliphatic heterocycles. The molecule has 0 saturated carbocycles. The van der Waals surface area contributed by atoms with Gasteiger partial charge in [-0.15, -0.1) is 0 Å². The van der Waals surface area contributed by atoms with E-state index in [1.165, 1.54) is 0 Å². The Bertz CT molecular complexity index is 205. The molecule has 0 amide bonds. The van der Waals surface area contributed by atoms with E-state index in [1.54, 1.807) is 7.11 Å². The second-order valence-electron chi connectivity index (χ2n) is 4.53. The summed E-state index contributed by atoms with van der Waals surface area (Å²) in [4.78, 5) is 0. The Morgan fingerprint density at radius 2 is 2.20 bits per heavy atom. The maximum atomic E-state index is 8.48. The molecule has 0 aromatic carbocycles. The fourth-order valence-corrected chi connectivity index (χ4v) is 1.09. The molecule has 0 bridgehead atoms.